The van der Waals surface area contributed by atoms with Crippen molar-refractivity contribution in [1.82, 2.24) is 0 Å². The van der Waals surface area contributed by atoms with Gasteiger partial charge in [0.05, 0.1) is 11.5 Å². The molecular formula is C23H38O2S. The molecule has 0 aliphatic rings. The third-order valence-electron chi connectivity index (χ3n) is 4.62. The number of hydrogen-bond donors (Lipinski definition) is 0. The molecule has 0 aromatic carbocycles. The summed E-state index contributed by atoms with van der Waals surface area (Å²) in [5.74, 6) is 0. The minimum Gasteiger partial charge on any atom is -0.484 e. The molecule has 0 amide bonds. The summed E-state index contributed by atoms with van der Waals surface area (Å²) in [6.07, 6.45) is 24.1. The summed E-state index contributed by atoms with van der Waals surface area (Å²) in [6.45, 7) is 3.04. The number of thiophene rings is 1. The van der Waals surface area contributed by atoms with E-state index in [1.807, 2.05) is 12.1 Å². The molecule has 1 rings (SSSR count). The number of hydrogen-bond acceptors (Lipinski definition) is 3. The van der Waals surface area contributed by atoms with Gasteiger partial charge in [-0.05, 0) is 44.2 Å². The minimum atomic E-state index is 0.737. The van der Waals surface area contributed by atoms with E-state index in [1.165, 1.54) is 94.8 Å². The molecule has 3 heteroatoms. The van der Waals surface area contributed by atoms with Crippen LogP contribution in [0.15, 0.2) is 24.3 Å². The Balaban J connectivity index is 1.77. The Morgan fingerprint density at radius 1 is 0.808 bits per heavy atom. The van der Waals surface area contributed by atoms with E-state index in [-0.39, 0.29) is 0 Å². The molecule has 0 fully saturated rings. The van der Waals surface area contributed by atoms with Gasteiger partial charge in [0.25, 0.3) is 0 Å². The highest BCUT2D eigenvalue weighted by Gasteiger charge is 1.99. The second-order valence-corrected chi connectivity index (χ2v) is 8.14. The van der Waals surface area contributed by atoms with E-state index < -0.39 is 0 Å². The van der Waals surface area contributed by atoms with E-state index in [2.05, 4.69) is 19.1 Å². The fourth-order valence-electron chi connectivity index (χ4n) is 3.00. The second kappa shape index (κ2) is 17.3. The van der Waals surface area contributed by atoms with Crippen LogP contribution in [0.1, 0.15) is 106 Å². The monoisotopic (exact) mass is 378 g/mol. The van der Waals surface area contributed by atoms with Crippen molar-refractivity contribution in [1.29, 1.82) is 0 Å². The average molecular weight is 379 g/mol. The summed E-state index contributed by atoms with van der Waals surface area (Å²) >= 11 is 1.42. The third kappa shape index (κ3) is 13.2. The van der Waals surface area contributed by atoms with E-state index in [4.69, 9.17) is 4.74 Å². The summed E-state index contributed by atoms with van der Waals surface area (Å²) in [5.41, 5.74) is 0. The molecule has 0 spiro atoms. The SMILES string of the molecule is CCCCCCCCC=CCCCCCCCCOc1ccc(C=O)s1. The maximum atomic E-state index is 10.6. The molecular weight excluding hydrogens is 340 g/mol. The summed E-state index contributed by atoms with van der Waals surface area (Å²) in [5, 5.41) is 0.861. The molecule has 0 aliphatic heterocycles. The van der Waals surface area contributed by atoms with E-state index in [9.17, 15) is 4.79 Å². The third-order valence-corrected chi connectivity index (χ3v) is 5.54. The van der Waals surface area contributed by atoms with Crippen molar-refractivity contribution in [2.45, 2.75) is 96.8 Å². The van der Waals surface area contributed by atoms with Crippen LogP contribution in [0, 0.1) is 0 Å². The van der Waals surface area contributed by atoms with Crippen molar-refractivity contribution >= 4 is 17.6 Å². The molecule has 0 saturated heterocycles. The van der Waals surface area contributed by atoms with Gasteiger partial charge in [-0.2, -0.15) is 0 Å². The van der Waals surface area contributed by atoms with Crippen molar-refractivity contribution in [3.05, 3.63) is 29.2 Å². The Morgan fingerprint density at radius 3 is 1.96 bits per heavy atom. The van der Waals surface area contributed by atoms with Gasteiger partial charge in [-0.3, -0.25) is 4.79 Å². The van der Waals surface area contributed by atoms with Gasteiger partial charge < -0.3 is 4.74 Å². The van der Waals surface area contributed by atoms with Gasteiger partial charge in [-0.1, -0.05) is 88.2 Å². The lowest BCUT2D eigenvalue weighted by molar-refractivity contribution is 0.112. The van der Waals surface area contributed by atoms with Gasteiger partial charge in [0.1, 0.15) is 0 Å². The molecule has 0 bridgehead atoms. The zero-order valence-corrected chi connectivity index (χ0v) is 17.5. The zero-order chi connectivity index (χ0) is 18.7. The highest BCUT2D eigenvalue weighted by atomic mass is 32.1. The van der Waals surface area contributed by atoms with Gasteiger partial charge in [-0.15, -0.1) is 0 Å². The van der Waals surface area contributed by atoms with Gasteiger partial charge in [0.15, 0.2) is 11.3 Å². The average Bonchev–Trinajstić information content (AvgIpc) is 3.12. The summed E-state index contributed by atoms with van der Waals surface area (Å²) in [7, 11) is 0. The highest BCUT2D eigenvalue weighted by molar-refractivity contribution is 7.15. The molecule has 2 nitrogen and oxygen atoms in total. The van der Waals surface area contributed by atoms with Crippen molar-refractivity contribution < 1.29 is 9.53 Å². The summed E-state index contributed by atoms with van der Waals surface area (Å²) < 4.78 is 5.66. The number of ether oxygens (including phenoxy) is 1. The van der Waals surface area contributed by atoms with E-state index in [0.29, 0.717) is 0 Å². The highest BCUT2D eigenvalue weighted by Crippen LogP contribution is 2.23. The smallest absolute Gasteiger partial charge is 0.174 e. The molecule has 0 atom stereocenters. The van der Waals surface area contributed by atoms with Crippen LogP contribution < -0.4 is 4.74 Å². The van der Waals surface area contributed by atoms with E-state index in [0.717, 1.165) is 29.3 Å². The molecule has 26 heavy (non-hydrogen) atoms. The van der Waals surface area contributed by atoms with Gasteiger partial charge >= 0.3 is 0 Å². The molecule has 0 N–H and O–H groups in total. The first kappa shape index (κ1) is 23.0. The first-order chi connectivity index (χ1) is 12.9. The Labute approximate surface area is 165 Å². The maximum Gasteiger partial charge on any atom is 0.174 e. The van der Waals surface area contributed by atoms with Gasteiger partial charge in [0.2, 0.25) is 0 Å². The molecule has 0 saturated carbocycles. The van der Waals surface area contributed by atoms with Gasteiger partial charge in [0, 0.05) is 0 Å². The minimum absolute atomic E-state index is 0.737. The predicted octanol–water partition coefficient (Wildman–Crippen LogP) is 7.98. The van der Waals surface area contributed by atoms with Crippen LogP contribution in [0.2, 0.25) is 0 Å². The Hall–Kier alpha value is -1.09. The fraction of sp³-hybridized carbons (Fsp3) is 0.696. The van der Waals surface area contributed by atoms with Crippen molar-refractivity contribution in [3.8, 4) is 5.06 Å². The van der Waals surface area contributed by atoms with Crippen LogP contribution in [0.5, 0.6) is 5.06 Å². The Morgan fingerprint density at radius 2 is 1.38 bits per heavy atom. The van der Waals surface area contributed by atoms with E-state index >= 15 is 0 Å². The lowest BCUT2D eigenvalue weighted by atomic mass is 10.1. The number of allylic oxidation sites excluding steroid dienone is 2. The second-order valence-electron chi connectivity index (χ2n) is 7.06. The summed E-state index contributed by atoms with van der Waals surface area (Å²) in [4.78, 5) is 11.3. The first-order valence-corrected chi connectivity index (χ1v) is 11.5. The zero-order valence-electron chi connectivity index (χ0n) is 16.7. The van der Waals surface area contributed by atoms with Crippen LogP contribution in [0.3, 0.4) is 0 Å². The van der Waals surface area contributed by atoms with Crippen molar-refractivity contribution in [2.24, 2.45) is 0 Å². The Bertz CT molecular complexity index is 465. The molecule has 148 valence electrons. The standard InChI is InChI=1S/C23H38O2S/c1-2-3-4-5-6-7-8-9-10-11-12-13-14-15-16-17-20-25-23-19-18-22(21-24)26-23/h9-10,18-19,21H,2-8,11-17,20H2,1H3. The number of unbranched alkanes of at least 4 members (excludes halogenated alkanes) is 12. The topological polar surface area (TPSA) is 26.3 Å². The molecule has 1 aromatic rings. The van der Waals surface area contributed by atoms with Crippen LogP contribution in [-0.2, 0) is 0 Å². The van der Waals surface area contributed by atoms with Crippen molar-refractivity contribution in [2.75, 3.05) is 6.61 Å². The fourth-order valence-corrected chi connectivity index (χ4v) is 3.69. The normalized spacial score (nSPS) is 11.3. The number of carbonyl (C=O) groups excluding carboxylic acids is 1. The molecule has 0 unspecified atom stereocenters. The lowest BCUT2D eigenvalue weighted by Crippen LogP contribution is -1.95. The maximum absolute atomic E-state index is 10.6. The number of carbonyl (C=O) groups is 1. The number of rotatable bonds is 18. The number of aldehydes is 1. The quantitative estimate of drug-likeness (QED) is 0.147. The molecule has 1 heterocycles. The van der Waals surface area contributed by atoms with Crippen LogP contribution in [0.4, 0.5) is 0 Å². The molecule has 1 aromatic heterocycles. The molecule has 0 radical (unpaired) electrons. The van der Waals surface area contributed by atoms with Crippen LogP contribution in [-0.4, -0.2) is 12.9 Å². The summed E-state index contributed by atoms with van der Waals surface area (Å²) in [6, 6.07) is 3.70. The van der Waals surface area contributed by atoms with E-state index in [1.54, 1.807) is 0 Å². The van der Waals surface area contributed by atoms with Gasteiger partial charge in [-0.25, -0.2) is 0 Å². The lowest BCUT2D eigenvalue weighted by Gasteiger charge is -2.03. The molecule has 0 aliphatic carbocycles. The predicted molar refractivity (Wildman–Crippen MR) is 115 cm³/mol. The Kier molecular flexibility index (Phi) is 15.3. The first-order valence-electron chi connectivity index (χ1n) is 10.7. The van der Waals surface area contributed by atoms with Crippen molar-refractivity contribution in [3.63, 3.8) is 0 Å². The van der Waals surface area contributed by atoms with Crippen LogP contribution in [0.25, 0.3) is 0 Å². The largest absolute Gasteiger partial charge is 0.484 e. The van der Waals surface area contributed by atoms with Crippen LogP contribution >= 0.6 is 11.3 Å².